The van der Waals surface area contributed by atoms with Gasteiger partial charge in [-0.25, -0.2) is 0 Å². The number of hydrogen-bond donors (Lipinski definition) is 1. The van der Waals surface area contributed by atoms with Gasteiger partial charge in [-0.3, -0.25) is 19.3 Å². The fourth-order valence-electron chi connectivity index (χ4n) is 5.10. The first-order valence-electron chi connectivity index (χ1n) is 8.74. The Balaban J connectivity index is 1.33. The second-order valence-corrected chi connectivity index (χ2v) is 8.91. The van der Waals surface area contributed by atoms with Gasteiger partial charge in [0.15, 0.2) is 0 Å². The van der Waals surface area contributed by atoms with E-state index >= 15 is 0 Å². The molecule has 6 atom stereocenters. The van der Waals surface area contributed by atoms with E-state index in [4.69, 9.17) is 11.6 Å². The normalized spacial score (nSPS) is 36.2. The fourth-order valence-corrected chi connectivity index (χ4v) is 5.82. The van der Waals surface area contributed by atoms with Gasteiger partial charge in [0.1, 0.15) is 6.54 Å². The van der Waals surface area contributed by atoms with Gasteiger partial charge in [0.25, 0.3) is 0 Å². The Morgan fingerprint density at radius 1 is 1.15 bits per heavy atom. The lowest BCUT2D eigenvalue weighted by molar-refractivity contribution is -0.142. The molecule has 0 spiro atoms. The summed E-state index contributed by atoms with van der Waals surface area (Å²) in [5, 5.41) is 3.08. The molecule has 1 heterocycles. The van der Waals surface area contributed by atoms with E-state index in [1.54, 1.807) is 18.2 Å². The second kappa shape index (κ2) is 5.67. The van der Waals surface area contributed by atoms with E-state index in [0.717, 1.165) is 15.8 Å². The van der Waals surface area contributed by atoms with Crippen LogP contribution in [0.15, 0.2) is 34.8 Å². The summed E-state index contributed by atoms with van der Waals surface area (Å²) >= 11 is 9.42. The predicted molar refractivity (Wildman–Crippen MR) is 99.2 cm³/mol. The number of carbonyl (C=O) groups is 3. The number of nitrogens with zero attached hydrogens (tertiary/aromatic N) is 1. The molecule has 0 aromatic heterocycles. The summed E-state index contributed by atoms with van der Waals surface area (Å²) in [5.41, 5.74) is 0.458. The van der Waals surface area contributed by atoms with Crippen LogP contribution in [0.25, 0.3) is 0 Å². The highest BCUT2D eigenvalue weighted by Gasteiger charge is 2.67. The van der Waals surface area contributed by atoms with Gasteiger partial charge in [0, 0.05) is 4.47 Å². The highest BCUT2D eigenvalue weighted by molar-refractivity contribution is 9.10. The van der Waals surface area contributed by atoms with Crippen LogP contribution in [0, 0.1) is 35.5 Å². The Bertz CT molecular complexity index is 850. The van der Waals surface area contributed by atoms with Crippen LogP contribution in [0.5, 0.6) is 0 Å². The summed E-state index contributed by atoms with van der Waals surface area (Å²) in [5.74, 6) is 0.0942. The number of amides is 3. The molecule has 1 aliphatic heterocycles. The first-order chi connectivity index (χ1) is 12.5. The molecule has 5 aliphatic rings. The smallest absolute Gasteiger partial charge is 0.244 e. The third-order valence-corrected chi connectivity index (χ3v) is 7.07. The molecule has 4 aliphatic carbocycles. The number of likely N-dealkylation sites (tertiary alicyclic amines) is 1. The minimum Gasteiger partial charge on any atom is -0.323 e. The molecule has 0 unspecified atom stereocenters. The zero-order chi connectivity index (χ0) is 18.2. The van der Waals surface area contributed by atoms with Crippen molar-refractivity contribution < 1.29 is 14.4 Å². The van der Waals surface area contributed by atoms with Crippen molar-refractivity contribution in [3.05, 3.63) is 39.8 Å². The number of nitrogens with one attached hydrogen (secondary N) is 1. The third-order valence-electron chi connectivity index (χ3n) is 6.26. The molecular weight excluding hydrogens is 420 g/mol. The van der Waals surface area contributed by atoms with E-state index in [9.17, 15) is 14.4 Å². The number of allylic oxidation sites excluding steroid dienone is 2. The summed E-state index contributed by atoms with van der Waals surface area (Å²) in [6, 6.07) is 5.11. The summed E-state index contributed by atoms with van der Waals surface area (Å²) < 4.78 is 0.802. The maximum absolute atomic E-state index is 12.9. The second-order valence-electron chi connectivity index (χ2n) is 7.59. The number of imide groups is 1. The third kappa shape index (κ3) is 2.31. The Morgan fingerprint density at radius 3 is 2.35 bits per heavy atom. The van der Waals surface area contributed by atoms with Gasteiger partial charge in [-0.05, 0) is 48.3 Å². The highest BCUT2D eigenvalue weighted by Crippen LogP contribution is 2.65. The maximum atomic E-state index is 12.9. The lowest BCUT2D eigenvalue weighted by Crippen LogP contribution is -2.40. The van der Waals surface area contributed by atoms with Crippen LogP contribution >= 0.6 is 27.5 Å². The van der Waals surface area contributed by atoms with Crippen LogP contribution in [0.4, 0.5) is 5.69 Å². The summed E-state index contributed by atoms with van der Waals surface area (Å²) in [7, 11) is 0. The molecule has 26 heavy (non-hydrogen) atoms. The average Bonchev–Trinajstić information content (AvgIpc) is 3.39. The fraction of sp³-hybridized carbons (Fsp3) is 0.421. The Morgan fingerprint density at radius 2 is 1.77 bits per heavy atom. The minimum atomic E-state index is -0.417. The monoisotopic (exact) mass is 434 g/mol. The van der Waals surface area contributed by atoms with Crippen LogP contribution < -0.4 is 5.32 Å². The Hall–Kier alpha value is -1.66. The van der Waals surface area contributed by atoms with E-state index in [1.807, 2.05) is 0 Å². The number of hydrogen-bond acceptors (Lipinski definition) is 3. The van der Waals surface area contributed by atoms with Crippen molar-refractivity contribution in [1.82, 2.24) is 4.90 Å². The predicted octanol–water partition coefficient (Wildman–Crippen LogP) is 3.09. The van der Waals surface area contributed by atoms with E-state index in [-0.39, 0.29) is 42.0 Å². The SMILES string of the molecule is O=C(CN1C(=O)[C@@H]2[C@H]3C=C[C@H]([C@H]4C[C@H]34)[C@@H]2C1=O)Nc1ccc(Br)cc1Cl. The molecular formula is C19H16BrClN2O3. The molecule has 1 aromatic carbocycles. The standard InChI is InChI=1S/C19H16BrClN2O3/c20-8-1-4-14(13(21)5-8)22-15(24)7-23-18(25)16-9-2-3-10(12-6-11(9)12)17(16)19(23)26/h1-5,9-12,16-17H,6-7H2,(H,22,24)/t9-,10+,11-,12-,16+,17-/m1/s1. The molecule has 2 bridgehead atoms. The largest absolute Gasteiger partial charge is 0.323 e. The minimum absolute atomic E-state index is 0.167. The molecule has 5 nitrogen and oxygen atoms in total. The van der Waals surface area contributed by atoms with Crippen LogP contribution in [-0.4, -0.2) is 29.2 Å². The first kappa shape index (κ1) is 16.5. The quantitative estimate of drug-likeness (QED) is 0.586. The summed E-state index contributed by atoms with van der Waals surface area (Å²) in [4.78, 5) is 39.3. The molecule has 7 heteroatoms. The first-order valence-corrected chi connectivity index (χ1v) is 9.91. The lowest BCUT2D eigenvalue weighted by Gasteiger charge is -2.37. The molecule has 134 valence electrons. The molecule has 0 radical (unpaired) electrons. The van der Waals surface area contributed by atoms with Crippen molar-refractivity contribution in [2.45, 2.75) is 6.42 Å². The molecule has 2 saturated carbocycles. The molecule has 1 aromatic rings. The van der Waals surface area contributed by atoms with E-state index in [2.05, 4.69) is 33.4 Å². The summed E-state index contributed by atoms with van der Waals surface area (Å²) in [6.07, 6.45) is 5.37. The van der Waals surface area contributed by atoms with Crippen molar-refractivity contribution in [3.8, 4) is 0 Å². The number of anilines is 1. The number of rotatable bonds is 3. The van der Waals surface area contributed by atoms with Gasteiger partial charge in [0.05, 0.1) is 22.5 Å². The van der Waals surface area contributed by atoms with E-state index < -0.39 is 5.91 Å². The van der Waals surface area contributed by atoms with Crippen molar-refractivity contribution in [2.75, 3.05) is 11.9 Å². The van der Waals surface area contributed by atoms with Gasteiger partial charge in [-0.15, -0.1) is 0 Å². The van der Waals surface area contributed by atoms with E-state index in [0.29, 0.717) is 22.5 Å². The molecule has 6 rings (SSSR count). The maximum Gasteiger partial charge on any atom is 0.244 e. The van der Waals surface area contributed by atoms with Gasteiger partial charge in [-0.2, -0.15) is 0 Å². The number of benzene rings is 1. The molecule has 1 N–H and O–H groups in total. The van der Waals surface area contributed by atoms with Crippen molar-refractivity contribution >= 4 is 50.9 Å². The molecule has 3 amide bonds. The number of carbonyl (C=O) groups excluding carboxylic acids is 3. The summed E-state index contributed by atoms with van der Waals surface area (Å²) in [6.45, 7) is -0.258. The van der Waals surface area contributed by atoms with Crippen LogP contribution in [0.1, 0.15) is 6.42 Å². The Kier molecular flexibility index (Phi) is 3.60. The van der Waals surface area contributed by atoms with E-state index in [1.165, 1.54) is 0 Å². The van der Waals surface area contributed by atoms with Gasteiger partial charge in [-0.1, -0.05) is 39.7 Å². The van der Waals surface area contributed by atoms with Crippen molar-refractivity contribution in [1.29, 1.82) is 0 Å². The van der Waals surface area contributed by atoms with Crippen molar-refractivity contribution in [2.24, 2.45) is 35.5 Å². The van der Waals surface area contributed by atoms with Gasteiger partial charge >= 0.3 is 0 Å². The lowest BCUT2D eigenvalue weighted by atomic mass is 9.63. The van der Waals surface area contributed by atoms with Gasteiger partial charge < -0.3 is 5.32 Å². The zero-order valence-corrected chi connectivity index (χ0v) is 16.0. The van der Waals surface area contributed by atoms with Crippen LogP contribution in [0.3, 0.4) is 0 Å². The molecule has 1 saturated heterocycles. The zero-order valence-electron chi connectivity index (χ0n) is 13.7. The average molecular weight is 436 g/mol. The van der Waals surface area contributed by atoms with Crippen LogP contribution in [0.2, 0.25) is 5.02 Å². The topological polar surface area (TPSA) is 66.5 Å². The number of halogens is 2. The van der Waals surface area contributed by atoms with Crippen LogP contribution in [-0.2, 0) is 14.4 Å². The highest BCUT2D eigenvalue weighted by atomic mass is 79.9. The molecule has 3 fully saturated rings. The Labute approximate surface area is 163 Å². The van der Waals surface area contributed by atoms with Gasteiger partial charge in [0.2, 0.25) is 17.7 Å². The van der Waals surface area contributed by atoms with Crippen molar-refractivity contribution in [3.63, 3.8) is 0 Å².